The van der Waals surface area contributed by atoms with Crippen LogP contribution in [0.3, 0.4) is 0 Å². The van der Waals surface area contributed by atoms with Crippen LogP contribution in [0.15, 0.2) is 0 Å². The van der Waals surface area contributed by atoms with E-state index in [0.29, 0.717) is 18.9 Å². The Morgan fingerprint density at radius 2 is 1.65 bits per heavy atom. The number of urea groups is 1. The fourth-order valence-electron chi connectivity index (χ4n) is 3.37. The van der Waals surface area contributed by atoms with Crippen molar-refractivity contribution >= 4 is 12.0 Å². The molecule has 2 heterocycles. The second kappa shape index (κ2) is 5.62. The number of piperidine rings is 1. The highest BCUT2D eigenvalue weighted by atomic mass is 16.4. The Bertz CT molecular complexity index is 381. The van der Waals surface area contributed by atoms with Gasteiger partial charge < -0.3 is 14.9 Å². The zero-order chi connectivity index (χ0) is 14.9. The van der Waals surface area contributed by atoms with Gasteiger partial charge in [-0.2, -0.15) is 0 Å². The number of nitrogens with zero attached hydrogens (tertiary/aromatic N) is 2. The molecule has 2 saturated heterocycles. The maximum atomic E-state index is 12.5. The summed E-state index contributed by atoms with van der Waals surface area (Å²) in [5, 5.41) is 9.17. The van der Waals surface area contributed by atoms with Crippen LogP contribution in [-0.4, -0.2) is 52.6 Å². The first kappa shape index (κ1) is 15.1. The normalized spacial score (nSPS) is 25.1. The van der Waals surface area contributed by atoms with Crippen molar-refractivity contribution in [1.29, 1.82) is 0 Å². The number of likely N-dealkylation sites (tertiary alicyclic amines) is 2. The highest BCUT2D eigenvalue weighted by Crippen LogP contribution is 2.34. The molecule has 0 aromatic rings. The van der Waals surface area contributed by atoms with E-state index in [1.54, 1.807) is 4.90 Å². The Morgan fingerprint density at radius 3 is 2.15 bits per heavy atom. The van der Waals surface area contributed by atoms with Gasteiger partial charge in [0.05, 0.1) is 0 Å². The molecule has 2 rings (SSSR count). The molecule has 0 radical (unpaired) electrons. The molecule has 0 aromatic carbocycles. The molecule has 5 nitrogen and oxygen atoms in total. The highest BCUT2D eigenvalue weighted by Gasteiger charge is 2.38. The zero-order valence-electron chi connectivity index (χ0n) is 12.8. The van der Waals surface area contributed by atoms with Crippen molar-refractivity contribution in [2.75, 3.05) is 19.6 Å². The number of amides is 2. The summed E-state index contributed by atoms with van der Waals surface area (Å²) < 4.78 is 0. The largest absolute Gasteiger partial charge is 0.480 e. The number of carboxylic acids is 1. The van der Waals surface area contributed by atoms with Crippen LogP contribution in [0.1, 0.15) is 46.5 Å². The Morgan fingerprint density at radius 1 is 1.05 bits per heavy atom. The lowest BCUT2D eigenvalue weighted by Gasteiger charge is -2.40. The second-order valence-corrected chi connectivity index (χ2v) is 7.10. The highest BCUT2D eigenvalue weighted by molar-refractivity contribution is 5.83. The zero-order valence-corrected chi connectivity index (χ0v) is 12.8. The van der Waals surface area contributed by atoms with Gasteiger partial charge in [0.25, 0.3) is 0 Å². The minimum absolute atomic E-state index is 0.0812. The first-order valence-electron chi connectivity index (χ1n) is 7.59. The molecule has 2 aliphatic rings. The van der Waals surface area contributed by atoms with E-state index in [4.69, 9.17) is 5.11 Å². The van der Waals surface area contributed by atoms with Gasteiger partial charge in [0.15, 0.2) is 0 Å². The molecule has 20 heavy (non-hydrogen) atoms. The van der Waals surface area contributed by atoms with Crippen LogP contribution in [0.4, 0.5) is 4.79 Å². The maximum absolute atomic E-state index is 12.5. The van der Waals surface area contributed by atoms with Gasteiger partial charge in [0, 0.05) is 19.6 Å². The minimum Gasteiger partial charge on any atom is -0.480 e. The summed E-state index contributed by atoms with van der Waals surface area (Å²) in [7, 11) is 0. The van der Waals surface area contributed by atoms with Crippen LogP contribution in [-0.2, 0) is 4.79 Å². The van der Waals surface area contributed by atoms with Crippen LogP contribution < -0.4 is 0 Å². The van der Waals surface area contributed by atoms with Gasteiger partial charge in [-0.05, 0) is 37.0 Å². The standard InChI is InChI=1S/C15H26N2O3/c1-15(2,3)11-6-9-16(10-7-11)14(20)17-8-4-5-12(17)13(18)19/h11-12H,4-10H2,1-3H3,(H,18,19)/t12-/m1/s1. The third-order valence-corrected chi connectivity index (χ3v) is 4.77. The number of carbonyl (C=O) groups is 2. The third kappa shape index (κ3) is 3.07. The van der Waals surface area contributed by atoms with Crippen molar-refractivity contribution in [3.63, 3.8) is 0 Å². The predicted molar refractivity (Wildman–Crippen MR) is 76.5 cm³/mol. The van der Waals surface area contributed by atoms with Gasteiger partial charge in [-0.3, -0.25) is 0 Å². The fourth-order valence-corrected chi connectivity index (χ4v) is 3.37. The van der Waals surface area contributed by atoms with Crippen molar-refractivity contribution in [2.45, 2.75) is 52.5 Å². The molecule has 0 bridgehead atoms. The predicted octanol–water partition coefficient (Wildman–Crippen LogP) is 2.41. The number of carbonyl (C=O) groups excluding carboxylic acids is 1. The fraction of sp³-hybridized carbons (Fsp3) is 0.867. The molecule has 114 valence electrons. The summed E-state index contributed by atoms with van der Waals surface area (Å²) >= 11 is 0. The van der Waals surface area contributed by atoms with Crippen LogP contribution in [0, 0.1) is 11.3 Å². The number of carboxylic acid groups (broad SMARTS) is 1. The summed E-state index contributed by atoms with van der Waals surface area (Å²) in [4.78, 5) is 27.0. The Labute approximate surface area is 120 Å². The average molecular weight is 282 g/mol. The van der Waals surface area contributed by atoms with Crippen LogP contribution in [0.2, 0.25) is 0 Å². The van der Waals surface area contributed by atoms with Gasteiger partial charge in [-0.1, -0.05) is 20.8 Å². The summed E-state index contributed by atoms with van der Waals surface area (Å²) in [6.07, 6.45) is 3.41. The quantitative estimate of drug-likeness (QED) is 0.803. The molecular weight excluding hydrogens is 256 g/mol. The van der Waals surface area contributed by atoms with Gasteiger partial charge >= 0.3 is 12.0 Å². The Kier molecular flexibility index (Phi) is 4.25. The SMILES string of the molecule is CC(C)(C)C1CCN(C(=O)N2CCC[C@@H]2C(=O)O)CC1. The monoisotopic (exact) mass is 282 g/mol. The molecule has 1 N–H and O–H groups in total. The molecule has 1 atom stereocenters. The minimum atomic E-state index is -0.875. The summed E-state index contributed by atoms with van der Waals surface area (Å²) in [6, 6.07) is -0.704. The van der Waals surface area contributed by atoms with Gasteiger partial charge in [-0.15, -0.1) is 0 Å². The molecule has 0 spiro atoms. The van der Waals surface area contributed by atoms with Crippen LogP contribution in [0.5, 0.6) is 0 Å². The summed E-state index contributed by atoms with van der Waals surface area (Å²) in [6.45, 7) is 8.82. The van der Waals surface area contributed by atoms with Crippen LogP contribution in [0.25, 0.3) is 0 Å². The topological polar surface area (TPSA) is 60.9 Å². The first-order chi connectivity index (χ1) is 9.30. The van der Waals surface area contributed by atoms with Crippen LogP contribution >= 0.6 is 0 Å². The summed E-state index contributed by atoms with van der Waals surface area (Å²) in [5.41, 5.74) is 0.284. The third-order valence-electron chi connectivity index (χ3n) is 4.77. The first-order valence-corrected chi connectivity index (χ1v) is 7.59. The molecule has 0 saturated carbocycles. The van der Waals surface area contributed by atoms with Gasteiger partial charge in [0.1, 0.15) is 6.04 Å². The van der Waals surface area contributed by atoms with Gasteiger partial charge in [-0.25, -0.2) is 9.59 Å². The molecule has 5 heteroatoms. The molecule has 0 aliphatic carbocycles. The van der Waals surface area contributed by atoms with Crippen molar-refractivity contribution in [3.8, 4) is 0 Å². The van der Waals surface area contributed by atoms with E-state index in [1.165, 1.54) is 0 Å². The second-order valence-electron chi connectivity index (χ2n) is 7.10. The van der Waals surface area contributed by atoms with E-state index in [9.17, 15) is 9.59 Å². The lowest BCUT2D eigenvalue weighted by Crippen LogP contribution is -2.51. The number of hydrogen-bond acceptors (Lipinski definition) is 2. The van der Waals surface area contributed by atoms with E-state index in [2.05, 4.69) is 20.8 Å². The number of aliphatic carboxylic acids is 1. The maximum Gasteiger partial charge on any atom is 0.326 e. The van der Waals surface area contributed by atoms with E-state index in [0.717, 1.165) is 32.4 Å². The molecule has 2 fully saturated rings. The van der Waals surface area contributed by atoms with Crippen molar-refractivity contribution in [1.82, 2.24) is 9.80 Å². The number of hydrogen-bond donors (Lipinski definition) is 1. The van der Waals surface area contributed by atoms with E-state index >= 15 is 0 Å². The number of rotatable bonds is 1. The Balaban J connectivity index is 1.93. The van der Waals surface area contributed by atoms with Gasteiger partial charge in [0.2, 0.25) is 0 Å². The molecule has 0 unspecified atom stereocenters. The molecule has 0 aromatic heterocycles. The van der Waals surface area contributed by atoms with E-state index < -0.39 is 12.0 Å². The molecule has 2 aliphatic heterocycles. The Hall–Kier alpha value is -1.26. The van der Waals surface area contributed by atoms with Crippen molar-refractivity contribution < 1.29 is 14.7 Å². The smallest absolute Gasteiger partial charge is 0.326 e. The lowest BCUT2D eigenvalue weighted by atomic mass is 9.75. The molecular formula is C15H26N2O3. The van der Waals surface area contributed by atoms with Crippen molar-refractivity contribution in [2.24, 2.45) is 11.3 Å². The summed E-state index contributed by atoms with van der Waals surface area (Å²) in [5.74, 6) is -0.235. The molecule has 2 amide bonds. The lowest BCUT2D eigenvalue weighted by molar-refractivity contribution is -0.141. The van der Waals surface area contributed by atoms with Crippen molar-refractivity contribution in [3.05, 3.63) is 0 Å². The van der Waals surface area contributed by atoms with E-state index in [-0.39, 0.29) is 11.4 Å². The average Bonchev–Trinajstić information content (AvgIpc) is 2.86. The van der Waals surface area contributed by atoms with E-state index in [1.807, 2.05) is 4.90 Å².